The van der Waals surface area contributed by atoms with Crippen molar-refractivity contribution in [1.82, 2.24) is 19.9 Å². The maximum atomic E-state index is 12.7. The number of likely N-dealkylation sites (tertiary alicyclic amines) is 1. The lowest BCUT2D eigenvalue weighted by atomic mass is 9.88. The molecule has 1 aromatic heterocycles. The van der Waals surface area contributed by atoms with Gasteiger partial charge in [0.1, 0.15) is 13.2 Å². The van der Waals surface area contributed by atoms with Crippen LogP contribution >= 0.6 is 0 Å². The number of rotatable bonds is 4. The van der Waals surface area contributed by atoms with E-state index >= 15 is 0 Å². The van der Waals surface area contributed by atoms with E-state index < -0.39 is 6.09 Å². The molecule has 0 N–H and O–H groups in total. The van der Waals surface area contributed by atoms with Crippen molar-refractivity contribution in [3.63, 3.8) is 0 Å². The highest BCUT2D eigenvalue weighted by molar-refractivity contribution is 5.83. The van der Waals surface area contributed by atoms with E-state index in [0.717, 1.165) is 5.56 Å². The number of amides is 2. The third-order valence-electron chi connectivity index (χ3n) is 4.78. The van der Waals surface area contributed by atoms with Crippen LogP contribution in [0.3, 0.4) is 0 Å². The van der Waals surface area contributed by atoms with Gasteiger partial charge in [-0.1, -0.05) is 35.5 Å². The summed E-state index contributed by atoms with van der Waals surface area (Å²) >= 11 is 0. The Labute approximate surface area is 144 Å². The van der Waals surface area contributed by atoms with E-state index in [2.05, 4.69) is 10.1 Å². The second kappa shape index (κ2) is 6.54. The molecule has 2 aliphatic heterocycles. The fraction of sp³-hybridized carbons (Fsp3) is 0.412. The fourth-order valence-corrected chi connectivity index (χ4v) is 3.48. The average Bonchev–Trinajstić information content (AvgIpc) is 3.36. The van der Waals surface area contributed by atoms with Gasteiger partial charge in [-0.25, -0.2) is 4.79 Å². The lowest BCUT2D eigenvalue weighted by Gasteiger charge is -2.19. The molecule has 0 radical (unpaired) electrons. The Morgan fingerprint density at radius 3 is 2.68 bits per heavy atom. The van der Waals surface area contributed by atoms with Gasteiger partial charge in [0.05, 0.1) is 6.54 Å². The van der Waals surface area contributed by atoms with Crippen LogP contribution in [0.5, 0.6) is 0 Å². The summed E-state index contributed by atoms with van der Waals surface area (Å²) in [4.78, 5) is 31.6. The highest BCUT2D eigenvalue weighted by atomic mass is 16.6. The number of carbonyl (C=O) groups excluding carboxylic acids is 2. The average molecular weight is 342 g/mol. The van der Waals surface area contributed by atoms with Crippen molar-refractivity contribution >= 4 is 12.0 Å². The van der Waals surface area contributed by atoms with Crippen molar-refractivity contribution in [2.45, 2.75) is 11.8 Å². The molecule has 4 rings (SSSR count). The van der Waals surface area contributed by atoms with E-state index in [0.29, 0.717) is 32.1 Å². The molecule has 0 unspecified atom stereocenters. The SMILES string of the molecule is O=C(CN1CCOC1=O)N1C[C@@H](c2ccccc2)[C@H](c2ncon2)C1. The van der Waals surface area contributed by atoms with Crippen LogP contribution in [0, 0.1) is 0 Å². The molecule has 2 saturated heterocycles. The number of aromatic nitrogens is 2. The molecule has 8 nitrogen and oxygen atoms in total. The summed E-state index contributed by atoms with van der Waals surface area (Å²) in [5, 5.41) is 3.97. The quantitative estimate of drug-likeness (QED) is 0.830. The molecular weight excluding hydrogens is 324 g/mol. The topological polar surface area (TPSA) is 88.8 Å². The zero-order chi connectivity index (χ0) is 17.2. The Balaban J connectivity index is 1.53. The van der Waals surface area contributed by atoms with Crippen molar-refractivity contribution in [3.05, 3.63) is 48.1 Å². The number of hydrogen-bond acceptors (Lipinski definition) is 6. The van der Waals surface area contributed by atoms with E-state index in [4.69, 9.17) is 9.26 Å². The van der Waals surface area contributed by atoms with E-state index in [1.807, 2.05) is 30.3 Å². The molecule has 1 aromatic carbocycles. The predicted octanol–water partition coefficient (Wildman–Crippen LogP) is 1.23. The number of hydrogen-bond donors (Lipinski definition) is 0. The summed E-state index contributed by atoms with van der Waals surface area (Å²) in [6.45, 7) is 1.89. The van der Waals surface area contributed by atoms with E-state index in [1.54, 1.807) is 4.90 Å². The molecule has 0 bridgehead atoms. The van der Waals surface area contributed by atoms with E-state index in [9.17, 15) is 9.59 Å². The van der Waals surface area contributed by atoms with Crippen LogP contribution < -0.4 is 0 Å². The second-order valence-electron chi connectivity index (χ2n) is 6.25. The zero-order valence-corrected chi connectivity index (χ0v) is 13.6. The monoisotopic (exact) mass is 342 g/mol. The van der Waals surface area contributed by atoms with Gasteiger partial charge in [0.25, 0.3) is 0 Å². The first-order valence-corrected chi connectivity index (χ1v) is 8.23. The molecule has 2 amide bonds. The van der Waals surface area contributed by atoms with E-state index in [-0.39, 0.29) is 24.3 Å². The maximum absolute atomic E-state index is 12.7. The summed E-state index contributed by atoms with van der Waals surface area (Å²) in [7, 11) is 0. The number of carbonyl (C=O) groups is 2. The summed E-state index contributed by atoms with van der Waals surface area (Å²) < 4.78 is 9.78. The van der Waals surface area contributed by atoms with Crippen molar-refractivity contribution in [2.24, 2.45) is 0 Å². The van der Waals surface area contributed by atoms with Gasteiger partial charge < -0.3 is 14.2 Å². The smallest absolute Gasteiger partial charge is 0.410 e. The summed E-state index contributed by atoms with van der Waals surface area (Å²) in [6.07, 6.45) is 0.879. The Kier molecular flexibility index (Phi) is 4.09. The fourth-order valence-electron chi connectivity index (χ4n) is 3.48. The molecule has 130 valence electrons. The number of benzene rings is 1. The van der Waals surface area contributed by atoms with Crippen molar-refractivity contribution in [1.29, 1.82) is 0 Å². The van der Waals surface area contributed by atoms with Gasteiger partial charge in [0.15, 0.2) is 5.82 Å². The second-order valence-corrected chi connectivity index (χ2v) is 6.25. The predicted molar refractivity (Wildman–Crippen MR) is 85.7 cm³/mol. The third-order valence-corrected chi connectivity index (χ3v) is 4.78. The molecule has 8 heteroatoms. The Hall–Kier alpha value is -2.90. The number of ether oxygens (including phenoxy) is 1. The summed E-state index contributed by atoms with van der Waals surface area (Å²) in [5.41, 5.74) is 1.13. The van der Waals surface area contributed by atoms with Crippen LogP contribution in [-0.2, 0) is 9.53 Å². The van der Waals surface area contributed by atoms with Gasteiger partial charge in [-0.15, -0.1) is 0 Å². The molecule has 0 saturated carbocycles. The van der Waals surface area contributed by atoms with Crippen LogP contribution in [-0.4, -0.2) is 64.7 Å². The Morgan fingerprint density at radius 1 is 1.20 bits per heavy atom. The summed E-state index contributed by atoms with van der Waals surface area (Å²) in [6, 6.07) is 10.0. The van der Waals surface area contributed by atoms with Gasteiger partial charge in [0, 0.05) is 24.9 Å². The lowest BCUT2D eigenvalue weighted by Crippen LogP contribution is -2.39. The first kappa shape index (κ1) is 15.6. The largest absolute Gasteiger partial charge is 0.448 e. The third kappa shape index (κ3) is 3.07. The Bertz CT molecular complexity index is 749. The first-order chi connectivity index (χ1) is 12.2. The van der Waals surface area contributed by atoms with Gasteiger partial charge in [0.2, 0.25) is 12.3 Å². The van der Waals surface area contributed by atoms with Crippen molar-refractivity contribution in [2.75, 3.05) is 32.8 Å². The minimum atomic E-state index is -0.429. The van der Waals surface area contributed by atoms with E-state index in [1.165, 1.54) is 11.3 Å². The minimum Gasteiger partial charge on any atom is -0.448 e. The molecule has 0 spiro atoms. The highest BCUT2D eigenvalue weighted by Crippen LogP contribution is 2.38. The molecule has 2 atom stereocenters. The highest BCUT2D eigenvalue weighted by Gasteiger charge is 2.40. The van der Waals surface area contributed by atoms with Gasteiger partial charge in [-0.2, -0.15) is 4.98 Å². The standard InChI is InChI=1S/C17H18N4O4/c22-15(10-20-6-7-24-17(20)23)21-8-13(12-4-2-1-3-5-12)14(9-21)16-18-11-25-19-16/h1-5,11,13-14H,6-10H2/t13-,14+/m0/s1. The molecule has 2 fully saturated rings. The maximum Gasteiger partial charge on any atom is 0.410 e. The van der Waals surface area contributed by atoms with Crippen LogP contribution in [0.4, 0.5) is 4.79 Å². The molecule has 2 aliphatic rings. The minimum absolute atomic E-state index is 0.0318. The lowest BCUT2D eigenvalue weighted by molar-refractivity contribution is -0.130. The molecule has 2 aromatic rings. The molecular formula is C17H18N4O4. The Morgan fingerprint density at radius 2 is 2.00 bits per heavy atom. The number of nitrogens with zero attached hydrogens (tertiary/aromatic N) is 4. The molecule has 3 heterocycles. The van der Waals surface area contributed by atoms with Crippen LogP contribution in [0.15, 0.2) is 41.2 Å². The normalized spacial score (nSPS) is 23.1. The van der Waals surface area contributed by atoms with Gasteiger partial charge in [-0.3, -0.25) is 9.69 Å². The van der Waals surface area contributed by atoms with Gasteiger partial charge >= 0.3 is 6.09 Å². The molecule has 25 heavy (non-hydrogen) atoms. The molecule has 0 aliphatic carbocycles. The van der Waals surface area contributed by atoms with Crippen molar-refractivity contribution < 1.29 is 18.8 Å². The number of cyclic esters (lactones) is 1. The summed E-state index contributed by atoms with van der Waals surface area (Å²) in [5.74, 6) is 0.569. The zero-order valence-electron chi connectivity index (χ0n) is 13.6. The van der Waals surface area contributed by atoms with Crippen molar-refractivity contribution in [3.8, 4) is 0 Å². The van der Waals surface area contributed by atoms with Crippen LogP contribution in [0.1, 0.15) is 23.2 Å². The first-order valence-electron chi connectivity index (χ1n) is 8.23. The van der Waals surface area contributed by atoms with Crippen LogP contribution in [0.25, 0.3) is 0 Å². The van der Waals surface area contributed by atoms with Crippen LogP contribution in [0.2, 0.25) is 0 Å². The van der Waals surface area contributed by atoms with Gasteiger partial charge in [-0.05, 0) is 5.56 Å².